The van der Waals surface area contributed by atoms with Crippen molar-refractivity contribution in [2.45, 2.75) is 12.5 Å². The van der Waals surface area contributed by atoms with Crippen LogP contribution >= 0.6 is 0 Å². The lowest BCUT2D eigenvalue weighted by Gasteiger charge is -2.11. The monoisotopic (exact) mass is 233 g/mol. The van der Waals surface area contributed by atoms with E-state index in [-0.39, 0.29) is 6.42 Å². The highest BCUT2D eigenvalue weighted by molar-refractivity contribution is 6.27. The van der Waals surface area contributed by atoms with Crippen molar-refractivity contribution in [1.29, 1.82) is 0 Å². The summed E-state index contributed by atoms with van der Waals surface area (Å²) < 4.78 is 4.66. The Balaban J connectivity index is 2.80. The number of ether oxygens (including phenoxy) is 1. The molecular formula is C11H11N3O3. The van der Waals surface area contributed by atoms with Crippen LogP contribution in [-0.2, 0) is 16.0 Å². The predicted octanol–water partition coefficient (Wildman–Crippen LogP) is 0.563. The Morgan fingerprint density at radius 1 is 1.41 bits per heavy atom. The Labute approximate surface area is 97.6 Å². The van der Waals surface area contributed by atoms with Crippen molar-refractivity contribution in [1.82, 2.24) is 0 Å². The summed E-state index contributed by atoms with van der Waals surface area (Å²) in [7, 11) is 0. The fourth-order valence-electron chi connectivity index (χ4n) is 1.31. The fraction of sp³-hybridized carbons (Fsp3) is 0.182. The van der Waals surface area contributed by atoms with Crippen LogP contribution in [0, 0.1) is 0 Å². The van der Waals surface area contributed by atoms with E-state index in [1.807, 2.05) is 6.07 Å². The van der Waals surface area contributed by atoms with Gasteiger partial charge in [0.25, 0.3) is 5.78 Å². The van der Waals surface area contributed by atoms with Crippen molar-refractivity contribution in [2.24, 2.45) is 5.73 Å². The number of ketones is 1. The molecule has 2 N–H and O–H groups in total. The first-order valence-electron chi connectivity index (χ1n) is 4.84. The summed E-state index contributed by atoms with van der Waals surface area (Å²) in [6.45, 7) is 0. The van der Waals surface area contributed by atoms with Crippen molar-refractivity contribution < 1.29 is 19.1 Å². The zero-order valence-corrected chi connectivity index (χ0v) is 8.95. The highest BCUT2D eigenvalue weighted by Gasteiger charge is 2.23. The van der Waals surface area contributed by atoms with E-state index in [9.17, 15) is 9.59 Å². The van der Waals surface area contributed by atoms with Crippen LogP contribution < -0.4 is 5.73 Å². The van der Waals surface area contributed by atoms with E-state index in [2.05, 4.69) is 9.53 Å². The lowest BCUT2D eigenvalue weighted by molar-refractivity contribution is -0.123. The Bertz CT molecular complexity index is 452. The Hall–Kier alpha value is -2.46. The molecule has 1 atom stereocenters. The lowest BCUT2D eigenvalue weighted by Crippen LogP contribution is -2.32. The first-order valence-corrected chi connectivity index (χ1v) is 4.84. The molecular weight excluding hydrogens is 222 g/mol. The molecule has 0 saturated heterocycles. The molecule has 1 unspecified atom stereocenters. The second-order valence-corrected chi connectivity index (χ2v) is 3.26. The molecule has 0 heterocycles. The van der Waals surface area contributed by atoms with Crippen LogP contribution in [0.4, 0.5) is 4.79 Å². The largest absolute Gasteiger partial charge is 0.437 e. The molecule has 6 nitrogen and oxygen atoms in total. The first kappa shape index (κ1) is 12.6. The molecule has 1 amide bonds. The third-order valence-electron chi connectivity index (χ3n) is 2.02. The third kappa shape index (κ3) is 4.27. The van der Waals surface area contributed by atoms with Gasteiger partial charge in [0.2, 0.25) is 0 Å². The molecule has 0 aliphatic rings. The van der Waals surface area contributed by atoms with Gasteiger partial charge in [0.1, 0.15) is 0 Å². The quantitative estimate of drug-likeness (QED) is 0.456. The Morgan fingerprint density at radius 2 is 2.06 bits per heavy atom. The number of hydrogen-bond donors (Lipinski definition) is 1. The maximum absolute atomic E-state index is 11.4. The number of amides is 1. The molecule has 0 aliphatic heterocycles. The molecule has 1 aromatic carbocycles. The molecule has 0 spiro atoms. The predicted molar refractivity (Wildman–Crippen MR) is 59.3 cm³/mol. The molecule has 0 radical (unpaired) electrons. The van der Waals surface area contributed by atoms with E-state index >= 15 is 0 Å². The number of carbonyl (C=O) groups excluding carboxylic acids is 2. The van der Waals surface area contributed by atoms with Crippen LogP contribution in [-0.4, -0.2) is 29.0 Å². The van der Waals surface area contributed by atoms with Gasteiger partial charge in [-0.1, -0.05) is 30.3 Å². The molecule has 17 heavy (non-hydrogen) atoms. The Morgan fingerprint density at radius 3 is 2.59 bits per heavy atom. The van der Waals surface area contributed by atoms with Crippen LogP contribution in [0.5, 0.6) is 0 Å². The second-order valence-electron chi connectivity index (χ2n) is 3.26. The Kier molecular flexibility index (Phi) is 4.59. The number of carbonyl (C=O) groups is 2. The standard InChI is InChI=1S/C11H11N3O3/c12-11(16)17-10(9(15)7-14-13)6-8-4-2-1-3-5-8/h1-5,7,10H,6H2,(H2,12,16). The van der Waals surface area contributed by atoms with Crippen molar-refractivity contribution in [3.05, 3.63) is 41.4 Å². The number of hydrogen-bond acceptors (Lipinski definition) is 3. The smallest absolute Gasteiger partial charge is 0.405 e. The van der Waals surface area contributed by atoms with Crippen LogP contribution in [0.25, 0.3) is 5.53 Å². The molecule has 6 heteroatoms. The molecule has 0 saturated carbocycles. The normalized spacial score (nSPS) is 11.1. The summed E-state index contributed by atoms with van der Waals surface area (Å²) in [5, 5.41) is 0. The van der Waals surface area contributed by atoms with Gasteiger partial charge >= 0.3 is 12.3 Å². The maximum Gasteiger partial charge on any atom is 0.405 e. The second kappa shape index (κ2) is 6.19. The molecule has 0 fully saturated rings. The minimum atomic E-state index is -1.08. The zero-order chi connectivity index (χ0) is 12.7. The molecule has 1 aromatic rings. The zero-order valence-electron chi connectivity index (χ0n) is 8.95. The molecule has 0 bridgehead atoms. The van der Waals surface area contributed by atoms with E-state index in [4.69, 9.17) is 11.3 Å². The number of primary amides is 1. The van der Waals surface area contributed by atoms with E-state index in [0.717, 1.165) is 5.56 Å². The maximum atomic E-state index is 11.4. The summed E-state index contributed by atoms with van der Waals surface area (Å²) in [4.78, 5) is 24.7. The van der Waals surface area contributed by atoms with Crippen LogP contribution in [0.2, 0.25) is 0 Å². The van der Waals surface area contributed by atoms with Gasteiger partial charge in [-0.3, -0.25) is 4.79 Å². The van der Waals surface area contributed by atoms with Crippen molar-refractivity contribution in [3.63, 3.8) is 0 Å². The summed E-state index contributed by atoms with van der Waals surface area (Å²) in [5.41, 5.74) is 13.9. The highest BCUT2D eigenvalue weighted by atomic mass is 16.6. The van der Waals surface area contributed by atoms with Gasteiger partial charge in [-0.2, -0.15) is 4.79 Å². The van der Waals surface area contributed by atoms with Gasteiger partial charge in [-0.25, -0.2) is 4.79 Å². The van der Waals surface area contributed by atoms with Crippen LogP contribution in [0.3, 0.4) is 0 Å². The van der Waals surface area contributed by atoms with Crippen molar-refractivity contribution in [3.8, 4) is 0 Å². The number of nitrogens with two attached hydrogens (primary N) is 1. The molecule has 88 valence electrons. The van der Waals surface area contributed by atoms with E-state index in [1.165, 1.54) is 0 Å². The minimum Gasteiger partial charge on any atom is -0.437 e. The molecule has 1 rings (SSSR count). The van der Waals surface area contributed by atoms with Crippen LogP contribution in [0.15, 0.2) is 30.3 Å². The number of Topliss-reactive ketones (excluding diaryl/α,β-unsaturated/α-hetero) is 1. The first-order chi connectivity index (χ1) is 8.13. The molecule has 0 aromatic heterocycles. The lowest BCUT2D eigenvalue weighted by atomic mass is 10.1. The van der Waals surface area contributed by atoms with Gasteiger partial charge in [0, 0.05) is 6.42 Å². The van der Waals surface area contributed by atoms with E-state index < -0.39 is 18.0 Å². The topological polar surface area (TPSA) is 106 Å². The van der Waals surface area contributed by atoms with E-state index in [0.29, 0.717) is 6.21 Å². The highest BCUT2D eigenvalue weighted by Crippen LogP contribution is 2.06. The number of rotatable bonds is 5. The van der Waals surface area contributed by atoms with Crippen molar-refractivity contribution >= 4 is 18.1 Å². The average molecular weight is 233 g/mol. The summed E-state index contributed by atoms with van der Waals surface area (Å²) in [6, 6.07) is 8.97. The number of benzene rings is 1. The summed E-state index contributed by atoms with van der Waals surface area (Å²) in [5.74, 6) is -0.629. The average Bonchev–Trinajstić information content (AvgIpc) is 2.29. The minimum absolute atomic E-state index is 0.175. The molecule has 0 aliphatic carbocycles. The van der Waals surface area contributed by atoms with Gasteiger partial charge < -0.3 is 16.0 Å². The number of nitrogens with zero attached hydrogens (tertiary/aromatic N) is 2. The van der Waals surface area contributed by atoms with Crippen LogP contribution in [0.1, 0.15) is 5.56 Å². The van der Waals surface area contributed by atoms with Gasteiger partial charge in [0.15, 0.2) is 6.10 Å². The SMILES string of the molecule is [N-]=[N+]=CC(=O)C(Cc1ccccc1)OC(N)=O. The van der Waals surface area contributed by atoms with Gasteiger partial charge in [-0.05, 0) is 5.56 Å². The van der Waals surface area contributed by atoms with E-state index in [1.54, 1.807) is 24.3 Å². The summed E-state index contributed by atoms with van der Waals surface area (Å²) in [6.07, 6.45) is -1.28. The fourth-order valence-corrected chi connectivity index (χ4v) is 1.31. The van der Waals surface area contributed by atoms with Gasteiger partial charge in [-0.15, -0.1) is 0 Å². The van der Waals surface area contributed by atoms with Gasteiger partial charge in [0.05, 0.1) is 0 Å². The summed E-state index contributed by atoms with van der Waals surface area (Å²) >= 11 is 0. The van der Waals surface area contributed by atoms with Crippen molar-refractivity contribution in [2.75, 3.05) is 0 Å². The third-order valence-corrected chi connectivity index (χ3v) is 2.02.